The molecule has 0 fully saturated rings. The van der Waals surface area contributed by atoms with Gasteiger partial charge in [-0.3, -0.25) is 0 Å². The van der Waals surface area contributed by atoms with Crippen LogP contribution < -0.4 is 15.4 Å². The zero-order valence-corrected chi connectivity index (χ0v) is 14.5. The van der Waals surface area contributed by atoms with Crippen LogP contribution in [0.3, 0.4) is 0 Å². The normalized spacial score (nSPS) is 11.8. The summed E-state index contributed by atoms with van der Waals surface area (Å²) in [6.45, 7) is 7.45. The summed E-state index contributed by atoms with van der Waals surface area (Å²) in [6.07, 6.45) is 4.98. The van der Waals surface area contributed by atoms with Crippen LogP contribution in [0.2, 0.25) is 0 Å². The van der Waals surface area contributed by atoms with Crippen LogP contribution in [-0.4, -0.2) is 18.8 Å². The van der Waals surface area contributed by atoms with E-state index in [4.69, 9.17) is 17.0 Å². The lowest BCUT2D eigenvalue weighted by atomic mass is 9.99. The molecular formula is C17H28N2OS. The molecule has 21 heavy (non-hydrogen) atoms. The second-order valence-corrected chi connectivity index (χ2v) is 5.86. The van der Waals surface area contributed by atoms with Crippen molar-refractivity contribution in [1.82, 2.24) is 5.32 Å². The Hall–Kier alpha value is -1.29. The third-order valence-electron chi connectivity index (χ3n) is 3.70. The van der Waals surface area contributed by atoms with Crippen molar-refractivity contribution in [3.05, 3.63) is 23.8 Å². The molecule has 0 aliphatic heterocycles. The quantitative estimate of drug-likeness (QED) is 0.692. The van der Waals surface area contributed by atoms with Gasteiger partial charge in [0.2, 0.25) is 0 Å². The molecular weight excluding hydrogens is 280 g/mol. The Balaban J connectivity index is 2.51. The Morgan fingerprint density at radius 1 is 1.33 bits per heavy atom. The monoisotopic (exact) mass is 308 g/mol. The Labute approximate surface area is 134 Å². The van der Waals surface area contributed by atoms with Crippen molar-refractivity contribution < 1.29 is 4.74 Å². The van der Waals surface area contributed by atoms with Gasteiger partial charge in [-0.05, 0) is 49.2 Å². The van der Waals surface area contributed by atoms with Crippen molar-refractivity contribution in [2.45, 2.75) is 46.5 Å². The molecule has 3 nitrogen and oxygen atoms in total. The number of ether oxygens (including phenoxy) is 1. The van der Waals surface area contributed by atoms with Gasteiger partial charge in [-0.25, -0.2) is 0 Å². The highest BCUT2D eigenvalue weighted by molar-refractivity contribution is 7.80. The molecule has 1 aromatic carbocycles. The van der Waals surface area contributed by atoms with Crippen LogP contribution in [0.5, 0.6) is 5.75 Å². The highest BCUT2D eigenvalue weighted by Crippen LogP contribution is 2.25. The van der Waals surface area contributed by atoms with Gasteiger partial charge in [-0.15, -0.1) is 0 Å². The van der Waals surface area contributed by atoms with Crippen molar-refractivity contribution in [2.75, 3.05) is 19.0 Å². The molecule has 0 spiro atoms. The SMILES string of the molecule is CCCCC(CC)CNC(=S)Nc1cc(C)ccc1OC. The number of methoxy groups -OCH3 is 1. The van der Waals surface area contributed by atoms with Crippen LogP contribution in [0.4, 0.5) is 5.69 Å². The maximum atomic E-state index is 5.39. The Morgan fingerprint density at radius 2 is 2.10 bits per heavy atom. The predicted molar refractivity (Wildman–Crippen MR) is 95.3 cm³/mol. The summed E-state index contributed by atoms with van der Waals surface area (Å²) in [5.74, 6) is 1.49. The van der Waals surface area contributed by atoms with Crippen molar-refractivity contribution >= 4 is 23.0 Å². The topological polar surface area (TPSA) is 33.3 Å². The second-order valence-electron chi connectivity index (χ2n) is 5.46. The first-order valence-corrected chi connectivity index (χ1v) is 8.21. The molecule has 1 aromatic rings. The van der Waals surface area contributed by atoms with Crippen LogP contribution >= 0.6 is 12.2 Å². The number of aryl methyl sites for hydroxylation is 1. The summed E-state index contributed by atoms with van der Waals surface area (Å²) in [4.78, 5) is 0. The molecule has 0 heterocycles. The molecule has 0 amide bonds. The van der Waals surface area contributed by atoms with E-state index in [9.17, 15) is 0 Å². The minimum absolute atomic E-state index is 0.661. The molecule has 1 unspecified atom stereocenters. The summed E-state index contributed by atoms with van der Waals surface area (Å²) in [7, 11) is 1.67. The van der Waals surface area contributed by atoms with E-state index in [0.717, 1.165) is 18.0 Å². The molecule has 4 heteroatoms. The summed E-state index contributed by atoms with van der Waals surface area (Å²) in [5, 5.41) is 7.22. The fourth-order valence-corrected chi connectivity index (χ4v) is 2.46. The minimum Gasteiger partial charge on any atom is -0.495 e. The maximum absolute atomic E-state index is 5.39. The lowest BCUT2D eigenvalue weighted by Crippen LogP contribution is -2.32. The second kappa shape index (κ2) is 9.61. The van der Waals surface area contributed by atoms with Gasteiger partial charge in [-0.2, -0.15) is 0 Å². The number of nitrogens with one attached hydrogen (secondary N) is 2. The first kappa shape index (κ1) is 17.8. The number of hydrogen-bond donors (Lipinski definition) is 2. The molecule has 2 N–H and O–H groups in total. The third kappa shape index (κ3) is 6.34. The zero-order chi connectivity index (χ0) is 15.7. The van der Waals surface area contributed by atoms with Gasteiger partial charge >= 0.3 is 0 Å². The van der Waals surface area contributed by atoms with Crippen LogP contribution in [0, 0.1) is 12.8 Å². The Bertz CT molecular complexity index is 448. The van der Waals surface area contributed by atoms with Crippen LogP contribution in [-0.2, 0) is 0 Å². The molecule has 0 saturated carbocycles. The van der Waals surface area contributed by atoms with Gasteiger partial charge in [0.05, 0.1) is 12.8 Å². The van der Waals surface area contributed by atoms with E-state index in [1.807, 2.05) is 18.2 Å². The number of benzene rings is 1. The summed E-state index contributed by atoms with van der Waals surface area (Å²) >= 11 is 5.39. The van der Waals surface area contributed by atoms with E-state index in [2.05, 4.69) is 31.4 Å². The standard InChI is InChI=1S/C17H28N2OS/c1-5-7-8-14(6-2)12-18-17(21)19-15-11-13(3)9-10-16(15)20-4/h9-11,14H,5-8,12H2,1-4H3,(H2,18,19,21). The van der Waals surface area contributed by atoms with Gasteiger partial charge < -0.3 is 15.4 Å². The van der Waals surface area contributed by atoms with E-state index in [1.165, 1.54) is 31.2 Å². The Kier molecular flexibility index (Phi) is 8.13. The van der Waals surface area contributed by atoms with Gasteiger partial charge in [0, 0.05) is 6.54 Å². The highest BCUT2D eigenvalue weighted by atomic mass is 32.1. The maximum Gasteiger partial charge on any atom is 0.170 e. The molecule has 1 rings (SSSR count). The molecule has 0 saturated heterocycles. The lowest BCUT2D eigenvalue weighted by molar-refractivity contribution is 0.416. The molecule has 0 aliphatic rings. The molecule has 0 radical (unpaired) electrons. The number of unbranched alkanes of at least 4 members (excludes halogenated alkanes) is 1. The van der Waals surface area contributed by atoms with Crippen molar-refractivity contribution in [1.29, 1.82) is 0 Å². The average Bonchev–Trinajstić information content (AvgIpc) is 2.47. The number of hydrogen-bond acceptors (Lipinski definition) is 2. The van der Waals surface area contributed by atoms with Gasteiger partial charge in [0.25, 0.3) is 0 Å². The minimum atomic E-state index is 0.661. The first-order chi connectivity index (χ1) is 10.1. The summed E-state index contributed by atoms with van der Waals surface area (Å²) < 4.78 is 5.35. The largest absolute Gasteiger partial charge is 0.495 e. The molecule has 0 aromatic heterocycles. The number of anilines is 1. The van der Waals surface area contributed by atoms with Crippen LogP contribution in [0.1, 0.15) is 45.1 Å². The number of thiocarbonyl (C=S) groups is 1. The van der Waals surface area contributed by atoms with Crippen molar-refractivity contribution in [3.8, 4) is 5.75 Å². The van der Waals surface area contributed by atoms with E-state index < -0.39 is 0 Å². The average molecular weight is 308 g/mol. The number of rotatable bonds is 8. The van der Waals surface area contributed by atoms with Crippen LogP contribution in [0.15, 0.2) is 18.2 Å². The van der Waals surface area contributed by atoms with E-state index in [0.29, 0.717) is 11.0 Å². The predicted octanol–water partition coefficient (Wildman–Crippen LogP) is 4.51. The van der Waals surface area contributed by atoms with Crippen LogP contribution in [0.25, 0.3) is 0 Å². The van der Waals surface area contributed by atoms with E-state index >= 15 is 0 Å². The third-order valence-corrected chi connectivity index (χ3v) is 3.94. The molecule has 1 atom stereocenters. The van der Waals surface area contributed by atoms with Gasteiger partial charge in [0.15, 0.2) is 5.11 Å². The summed E-state index contributed by atoms with van der Waals surface area (Å²) in [6, 6.07) is 6.02. The first-order valence-electron chi connectivity index (χ1n) is 7.80. The summed E-state index contributed by atoms with van der Waals surface area (Å²) in [5.41, 5.74) is 2.09. The fraction of sp³-hybridized carbons (Fsp3) is 0.588. The molecule has 0 bridgehead atoms. The molecule has 0 aliphatic carbocycles. The highest BCUT2D eigenvalue weighted by Gasteiger charge is 2.08. The Morgan fingerprint density at radius 3 is 2.71 bits per heavy atom. The lowest BCUT2D eigenvalue weighted by Gasteiger charge is -2.18. The fourth-order valence-electron chi connectivity index (χ4n) is 2.27. The van der Waals surface area contributed by atoms with Crippen molar-refractivity contribution in [2.24, 2.45) is 5.92 Å². The van der Waals surface area contributed by atoms with Gasteiger partial charge in [-0.1, -0.05) is 39.2 Å². The molecule has 118 valence electrons. The zero-order valence-electron chi connectivity index (χ0n) is 13.7. The van der Waals surface area contributed by atoms with Gasteiger partial charge in [0.1, 0.15) is 5.75 Å². The van der Waals surface area contributed by atoms with Crippen molar-refractivity contribution in [3.63, 3.8) is 0 Å². The van der Waals surface area contributed by atoms with E-state index in [1.54, 1.807) is 7.11 Å². The smallest absolute Gasteiger partial charge is 0.170 e. The van der Waals surface area contributed by atoms with E-state index in [-0.39, 0.29) is 0 Å².